The van der Waals surface area contributed by atoms with Gasteiger partial charge in [-0.05, 0) is 0 Å². The number of aliphatic hydroxyl groups is 14. The van der Waals surface area contributed by atoms with Crippen molar-refractivity contribution in [3.05, 3.63) is 0 Å². The standard InChI is InChI=1S/C24H42O21/c25-1-5-9(29)11(31)15(35)21(39-5)43-19-7(3-27)41-22(17(37)13(19)33)44-20-8(4-28)42-24(18(38)14(20)34)45-23-16(36)12(32)10(30)6(2-26)40-23/h5-38H,1-4H2/t5-,6+,7-,8-,9-,10+,11+,12-,13-,14-,15-,16+,17-,18-,19-,20-,21-,22+,23+,24-/m1/s1. The van der Waals surface area contributed by atoms with Gasteiger partial charge in [-0.2, -0.15) is 0 Å². The van der Waals surface area contributed by atoms with Crippen molar-refractivity contribution in [2.24, 2.45) is 0 Å². The first-order valence-corrected chi connectivity index (χ1v) is 14.1. The Morgan fingerprint density at radius 2 is 0.578 bits per heavy atom. The van der Waals surface area contributed by atoms with Crippen LogP contribution in [0.2, 0.25) is 0 Å². The van der Waals surface area contributed by atoms with Crippen LogP contribution in [0.15, 0.2) is 0 Å². The minimum absolute atomic E-state index is 0.782. The van der Waals surface area contributed by atoms with Crippen LogP contribution in [0.3, 0.4) is 0 Å². The smallest absolute Gasteiger partial charge is 0.189 e. The molecule has 4 saturated heterocycles. The zero-order valence-electron chi connectivity index (χ0n) is 23.5. The van der Waals surface area contributed by atoms with Gasteiger partial charge in [0.15, 0.2) is 25.2 Å². The van der Waals surface area contributed by atoms with E-state index in [0.29, 0.717) is 0 Å². The van der Waals surface area contributed by atoms with Crippen LogP contribution in [0, 0.1) is 0 Å². The van der Waals surface area contributed by atoms with Gasteiger partial charge in [-0.1, -0.05) is 0 Å². The second-order valence-electron chi connectivity index (χ2n) is 11.1. The first-order valence-electron chi connectivity index (χ1n) is 14.1. The molecule has 21 heteroatoms. The van der Waals surface area contributed by atoms with Crippen LogP contribution in [0.1, 0.15) is 0 Å². The van der Waals surface area contributed by atoms with Gasteiger partial charge in [0.25, 0.3) is 0 Å². The summed E-state index contributed by atoms with van der Waals surface area (Å²) >= 11 is 0. The molecule has 0 aromatic heterocycles. The fraction of sp³-hybridized carbons (Fsp3) is 1.00. The predicted molar refractivity (Wildman–Crippen MR) is 134 cm³/mol. The Kier molecular flexibility index (Phi) is 12.8. The molecule has 0 unspecified atom stereocenters. The number of hydrogen-bond donors (Lipinski definition) is 14. The Balaban J connectivity index is 1.42. The molecule has 14 N–H and O–H groups in total. The van der Waals surface area contributed by atoms with E-state index in [0.717, 1.165) is 0 Å². The summed E-state index contributed by atoms with van der Waals surface area (Å²) in [7, 11) is 0. The SMILES string of the molecule is OC[C@@H]1O[C@@H](O[C@H]2O[C@H](CO)[C@@H](O[C@@H]3O[C@H](CO)[C@@H](O[C@H]4O[C@H](CO)[C@@H](O)[C@H](O)[C@H]4O)[C@H](O)[C@H]3O)[C@H](O)[C@H]2O)[C@@H](O)[C@H](O)[C@H]1O. The third kappa shape index (κ3) is 7.44. The summed E-state index contributed by atoms with van der Waals surface area (Å²) in [6, 6.07) is 0. The van der Waals surface area contributed by atoms with E-state index in [1.165, 1.54) is 0 Å². The molecule has 0 spiro atoms. The van der Waals surface area contributed by atoms with Crippen molar-refractivity contribution >= 4 is 0 Å². The maximum absolute atomic E-state index is 10.8. The van der Waals surface area contributed by atoms with E-state index < -0.39 is 149 Å². The number of ether oxygens (including phenoxy) is 7. The fourth-order valence-corrected chi connectivity index (χ4v) is 5.47. The average Bonchev–Trinajstić information content (AvgIpc) is 3.03. The van der Waals surface area contributed by atoms with Crippen LogP contribution in [-0.4, -0.2) is 221 Å². The Morgan fingerprint density at radius 3 is 0.889 bits per heavy atom. The van der Waals surface area contributed by atoms with Gasteiger partial charge in [-0.25, -0.2) is 0 Å². The fourth-order valence-electron chi connectivity index (χ4n) is 5.47. The first-order chi connectivity index (χ1) is 21.3. The second kappa shape index (κ2) is 15.6. The van der Waals surface area contributed by atoms with Crippen LogP contribution in [0.4, 0.5) is 0 Å². The zero-order valence-corrected chi connectivity index (χ0v) is 23.5. The Hall–Kier alpha value is -0.840. The van der Waals surface area contributed by atoms with Crippen LogP contribution in [0.5, 0.6) is 0 Å². The number of rotatable bonds is 10. The minimum atomic E-state index is -2.02. The summed E-state index contributed by atoms with van der Waals surface area (Å²) in [5, 5.41) is 142. The normalized spacial score (nSPS) is 52.9. The molecule has 0 aromatic rings. The van der Waals surface area contributed by atoms with Gasteiger partial charge in [-0.3, -0.25) is 0 Å². The first kappa shape index (κ1) is 37.0. The van der Waals surface area contributed by atoms with E-state index in [4.69, 9.17) is 33.2 Å². The summed E-state index contributed by atoms with van der Waals surface area (Å²) < 4.78 is 37.8. The van der Waals surface area contributed by atoms with Crippen LogP contribution in [-0.2, 0) is 33.2 Å². The van der Waals surface area contributed by atoms with Gasteiger partial charge in [0.2, 0.25) is 0 Å². The largest absolute Gasteiger partial charge is 0.394 e. The Morgan fingerprint density at radius 1 is 0.311 bits per heavy atom. The lowest BCUT2D eigenvalue weighted by molar-refractivity contribution is -0.397. The molecular weight excluding hydrogens is 624 g/mol. The average molecular weight is 667 g/mol. The predicted octanol–water partition coefficient (Wildman–Crippen LogP) is -9.75. The second-order valence-corrected chi connectivity index (χ2v) is 11.1. The van der Waals surface area contributed by atoms with E-state index in [2.05, 4.69) is 0 Å². The van der Waals surface area contributed by atoms with Crippen molar-refractivity contribution in [2.45, 2.75) is 123 Å². The zero-order chi connectivity index (χ0) is 33.3. The molecular formula is C24H42O21. The molecule has 0 bridgehead atoms. The molecule has 4 aliphatic heterocycles. The quantitative estimate of drug-likeness (QED) is 0.103. The van der Waals surface area contributed by atoms with Crippen LogP contribution < -0.4 is 0 Å². The summed E-state index contributed by atoms with van der Waals surface area (Å²) in [5.74, 6) is 0. The molecule has 20 atom stereocenters. The van der Waals surface area contributed by atoms with E-state index in [9.17, 15) is 71.5 Å². The van der Waals surface area contributed by atoms with Crippen LogP contribution >= 0.6 is 0 Å². The molecule has 4 rings (SSSR count). The van der Waals surface area contributed by atoms with E-state index in [1.54, 1.807) is 0 Å². The highest BCUT2D eigenvalue weighted by molar-refractivity contribution is 4.97. The summed E-state index contributed by atoms with van der Waals surface area (Å²) in [6.07, 6.45) is -35.3. The molecule has 264 valence electrons. The van der Waals surface area contributed by atoms with E-state index in [-0.39, 0.29) is 0 Å². The lowest BCUT2D eigenvalue weighted by Crippen LogP contribution is -2.67. The van der Waals surface area contributed by atoms with E-state index in [1.807, 2.05) is 0 Å². The monoisotopic (exact) mass is 666 g/mol. The molecule has 0 aliphatic carbocycles. The minimum Gasteiger partial charge on any atom is -0.394 e. The van der Waals surface area contributed by atoms with Crippen molar-refractivity contribution in [1.82, 2.24) is 0 Å². The van der Waals surface area contributed by atoms with Crippen molar-refractivity contribution < 1.29 is 105 Å². The Labute approximate surface area is 254 Å². The lowest BCUT2D eigenvalue weighted by Gasteiger charge is -2.48. The highest BCUT2D eigenvalue weighted by Gasteiger charge is 2.54. The number of hydrogen-bond acceptors (Lipinski definition) is 21. The molecule has 4 heterocycles. The third-order valence-corrected chi connectivity index (χ3v) is 8.19. The summed E-state index contributed by atoms with van der Waals surface area (Å²) in [6.45, 7) is -3.36. The molecule has 4 fully saturated rings. The molecule has 21 nitrogen and oxygen atoms in total. The molecule has 4 aliphatic rings. The van der Waals surface area contributed by atoms with Gasteiger partial charge in [-0.15, -0.1) is 0 Å². The summed E-state index contributed by atoms with van der Waals surface area (Å²) in [4.78, 5) is 0. The molecule has 0 amide bonds. The van der Waals surface area contributed by atoms with Gasteiger partial charge in [0.1, 0.15) is 97.7 Å². The topological polar surface area (TPSA) is 348 Å². The summed E-state index contributed by atoms with van der Waals surface area (Å²) in [5.41, 5.74) is 0. The highest BCUT2D eigenvalue weighted by atomic mass is 16.8. The van der Waals surface area contributed by atoms with Crippen molar-refractivity contribution in [3.63, 3.8) is 0 Å². The van der Waals surface area contributed by atoms with Crippen molar-refractivity contribution in [3.8, 4) is 0 Å². The van der Waals surface area contributed by atoms with Gasteiger partial charge >= 0.3 is 0 Å². The van der Waals surface area contributed by atoms with Crippen molar-refractivity contribution in [1.29, 1.82) is 0 Å². The molecule has 0 saturated carbocycles. The molecule has 45 heavy (non-hydrogen) atoms. The van der Waals surface area contributed by atoms with Gasteiger partial charge in [0, 0.05) is 0 Å². The molecule has 0 aromatic carbocycles. The van der Waals surface area contributed by atoms with Gasteiger partial charge < -0.3 is 105 Å². The van der Waals surface area contributed by atoms with Crippen molar-refractivity contribution in [2.75, 3.05) is 26.4 Å². The maximum atomic E-state index is 10.8. The van der Waals surface area contributed by atoms with E-state index >= 15 is 0 Å². The molecule has 0 radical (unpaired) electrons. The Bertz CT molecular complexity index is 910. The van der Waals surface area contributed by atoms with Gasteiger partial charge in [0.05, 0.1) is 26.4 Å². The van der Waals surface area contributed by atoms with Crippen LogP contribution in [0.25, 0.3) is 0 Å². The lowest BCUT2D eigenvalue weighted by atomic mass is 9.96. The maximum Gasteiger partial charge on any atom is 0.189 e. The third-order valence-electron chi connectivity index (χ3n) is 8.19. The number of aliphatic hydroxyl groups excluding tert-OH is 14. The highest BCUT2D eigenvalue weighted by Crippen LogP contribution is 2.33.